The van der Waals surface area contributed by atoms with Gasteiger partial charge in [0.15, 0.2) is 0 Å². The van der Waals surface area contributed by atoms with Crippen LogP contribution in [0.5, 0.6) is 0 Å². The molecule has 0 amide bonds. The molecular formula is C24H40O2. The van der Waals surface area contributed by atoms with Crippen molar-refractivity contribution in [2.75, 3.05) is 13.2 Å². The fourth-order valence-electron chi connectivity index (χ4n) is 8.13. The van der Waals surface area contributed by atoms with E-state index in [-0.39, 0.29) is 0 Å². The zero-order valence-corrected chi connectivity index (χ0v) is 17.5. The Morgan fingerprint density at radius 3 is 2.62 bits per heavy atom. The van der Waals surface area contributed by atoms with E-state index in [1.165, 1.54) is 44.9 Å². The van der Waals surface area contributed by atoms with Gasteiger partial charge in [0.05, 0.1) is 12.2 Å². The maximum absolute atomic E-state index is 10.8. The molecule has 4 saturated carbocycles. The standard InChI is InChI=1S/C24H40O2/c1-5-17-8-10-20-19-9-7-18-15-22(3,25)13-14-24(18,16-26-6-2)21(19)11-12-23(17,20)4/h5,18-21,25H,6-16H2,1-4H3/b17-5-/t18-,19+,20+,21+,22-,23-,24-/m1/s1. The fourth-order valence-corrected chi connectivity index (χ4v) is 8.13. The topological polar surface area (TPSA) is 29.5 Å². The lowest BCUT2D eigenvalue weighted by atomic mass is 9.44. The van der Waals surface area contributed by atoms with E-state index in [4.69, 9.17) is 4.74 Å². The molecule has 0 saturated heterocycles. The van der Waals surface area contributed by atoms with Crippen molar-refractivity contribution in [3.8, 4) is 0 Å². The molecular weight excluding hydrogens is 320 g/mol. The van der Waals surface area contributed by atoms with Crippen molar-refractivity contribution in [1.82, 2.24) is 0 Å². The average Bonchev–Trinajstić information content (AvgIpc) is 2.96. The maximum atomic E-state index is 10.8. The van der Waals surface area contributed by atoms with Crippen LogP contribution < -0.4 is 0 Å². The molecule has 0 bridgehead atoms. The molecule has 0 heterocycles. The summed E-state index contributed by atoms with van der Waals surface area (Å²) in [5.41, 5.74) is 2.09. The minimum absolute atomic E-state index is 0.335. The summed E-state index contributed by atoms with van der Waals surface area (Å²) in [5.74, 6) is 3.24. The lowest BCUT2D eigenvalue weighted by molar-refractivity contribution is -0.172. The highest BCUT2D eigenvalue weighted by Gasteiger charge is 2.61. The molecule has 4 aliphatic carbocycles. The molecule has 1 N–H and O–H groups in total. The van der Waals surface area contributed by atoms with Gasteiger partial charge in [0.1, 0.15) is 0 Å². The zero-order chi connectivity index (χ0) is 18.6. The van der Waals surface area contributed by atoms with Gasteiger partial charge in [-0.15, -0.1) is 0 Å². The molecule has 0 unspecified atom stereocenters. The molecule has 4 aliphatic rings. The van der Waals surface area contributed by atoms with Crippen molar-refractivity contribution in [2.45, 2.75) is 91.1 Å². The Kier molecular flexibility index (Phi) is 4.84. The van der Waals surface area contributed by atoms with Gasteiger partial charge >= 0.3 is 0 Å². The van der Waals surface area contributed by atoms with Gasteiger partial charge in [-0.1, -0.05) is 18.6 Å². The van der Waals surface area contributed by atoms with Gasteiger partial charge in [-0.3, -0.25) is 0 Å². The van der Waals surface area contributed by atoms with Crippen LogP contribution in [0.25, 0.3) is 0 Å². The van der Waals surface area contributed by atoms with Gasteiger partial charge in [0.2, 0.25) is 0 Å². The monoisotopic (exact) mass is 360 g/mol. The van der Waals surface area contributed by atoms with Crippen molar-refractivity contribution in [1.29, 1.82) is 0 Å². The number of allylic oxidation sites excluding steroid dienone is 2. The number of hydrogen-bond acceptors (Lipinski definition) is 2. The Hall–Kier alpha value is -0.340. The first kappa shape index (κ1) is 19.0. The number of aliphatic hydroxyl groups is 1. The van der Waals surface area contributed by atoms with Crippen LogP contribution in [0, 0.1) is 34.5 Å². The zero-order valence-electron chi connectivity index (χ0n) is 17.5. The second kappa shape index (κ2) is 6.62. The molecule has 2 nitrogen and oxygen atoms in total. The van der Waals surface area contributed by atoms with Crippen molar-refractivity contribution < 1.29 is 9.84 Å². The van der Waals surface area contributed by atoms with Crippen LogP contribution in [0.1, 0.15) is 85.5 Å². The van der Waals surface area contributed by atoms with E-state index < -0.39 is 5.60 Å². The molecule has 4 fully saturated rings. The van der Waals surface area contributed by atoms with Crippen molar-refractivity contribution in [3.63, 3.8) is 0 Å². The minimum Gasteiger partial charge on any atom is -0.390 e. The van der Waals surface area contributed by atoms with Gasteiger partial charge in [0, 0.05) is 6.61 Å². The van der Waals surface area contributed by atoms with E-state index in [2.05, 4.69) is 33.8 Å². The van der Waals surface area contributed by atoms with Crippen LogP contribution in [0.15, 0.2) is 11.6 Å². The molecule has 2 heteroatoms. The first-order chi connectivity index (χ1) is 12.4. The first-order valence-electron chi connectivity index (χ1n) is 11.3. The fraction of sp³-hybridized carbons (Fsp3) is 0.917. The lowest BCUT2D eigenvalue weighted by Gasteiger charge is -2.62. The van der Waals surface area contributed by atoms with E-state index >= 15 is 0 Å². The molecule has 0 aliphatic heterocycles. The van der Waals surface area contributed by atoms with Crippen molar-refractivity contribution in [3.05, 3.63) is 11.6 Å². The van der Waals surface area contributed by atoms with Gasteiger partial charge in [-0.2, -0.15) is 0 Å². The number of hydrogen-bond donors (Lipinski definition) is 1. The molecule has 0 radical (unpaired) electrons. The third kappa shape index (κ3) is 2.73. The van der Waals surface area contributed by atoms with Crippen molar-refractivity contribution in [2.24, 2.45) is 34.5 Å². The van der Waals surface area contributed by atoms with Crippen LogP contribution in [0.3, 0.4) is 0 Å². The number of rotatable bonds is 3. The molecule has 0 aromatic carbocycles. The predicted octanol–water partition coefficient (Wildman–Crippen LogP) is 5.74. The first-order valence-corrected chi connectivity index (χ1v) is 11.3. The Morgan fingerprint density at radius 2 is 1.88 bits per heavy atom. The van der Waals surface area contributed by atoms with Gasteiger partial charge in [-0.25, -0.2) is 0 Å². The summed E-state index contributed by atoms with van der Waals surface area (Å²) in [6, 6.07) is 0. The molecule has 4 rings (SSSR count). The summed E-state index contributed by atoms with van der Waals surface area (Å²) in [6.45, 7) is 10.8. The summed E-state index contributed by atoms with van der Waals surface area (Å²) < 4.78 is 6.14. The summed E-state index contributed by atoms with van der Waals surface area (Å²) in [6.07, 6.45) is 13.7. The SMILES string of the molecule is C/C=C1/CC[C@H]2[C@@H]3CC[C@@H]4C[C@](C)(O)CC[C@]4(COCC)[C@H]3CC[C@]12C. The van der Waals surface area contributed by atoms with Crippen LogP contribution in [-0.2, 0) is 4.74 Å². The Balaban J connectivity index is 1.65. The van der Waals surface area contributed by atoms with E-state index in [1.54, 1.807) is 5.57 Å². The number of fused-ring (bicyclic) bond motifs is 5. The molecule has 0 spiro atoms. The lowest BCUT2D eigenvalue weighted by Crippen LogP contribution is -2.58. The van der Waals surface area contributed by atoms with Crippen LogP contribution in [0.4, 0.5) is 0 Å². The summed E-state index contributed by atoms with van der Waals surface area (Å²) in [5, 5.41) is 10.8. The van der Waals surface area contributed by atoms with Crippen LogP contribution >= 0.6 is 0 Å². The second-order valence-electron chi connectivity index (χ2n) is 10.5. The summed E-state index contributed by atoms with van der Waals surface area (Å²) in [4.78, 5) is 0. The predicted molar refractivity (Wildman–Crippen MR) is 107 cm³/mol. The molecule has 148 valence electrons. The van der Waals surface area contributed by atoms with E-state index in [0.717, 1.165) is 43.8 Å². The molecule has 7 atom stereocenters. The molecule has 0 aromatic heterocycles. The van der Waals surface area contributed by atoms with E-state index in [0.29, 0.717) is 16.7 Å². The quantitative estimate of drug-likeness (QED) is 0.650. The largest absolute Gasteiger partial charge is 0.390 e. The van der Waals surface area contributed by atoms with Crippen molar-refractivity contribution >= 4 is 0 Å². The van der Waals surface area contributed by atoms with E-state index in [9.17, 15) is 5.11 Å². The Labute approximate surface area is 160 Å². The van der Waals surface area contributed by atoms with E-state index in [1.807, 2.05) is 0 Å². The summed E-state index contributed by atoms with van der Waals surface area (Å²) in [7, 11) is 0. The highest BCUT2D eigenvalue weighted by molar-refractivity contribution is 5.24. The normalized spacial score (nSPS) is 52.4. The van der Waals surface area contributed by atoms with Crippen LogP contribution in [-0.4, -0.2) is 23.9 Å². The summed E-state index contributed by atoms with van der Waals surface area (Å²) >= 11 is 0. The smallest absolute Gasteiger partial charge is 0.0622 e. The highest BCUT2D eigenvalue weighted by Crippen LogP contribution is 2.68. The van der Waals surface area contributed by atoms with Gasteiger partial charge < -0.3 is 9.84 Å². The van der Waals surface area contributed by atoms with Gasteiger partial charge in [-0.05, 0) is 113 Å². The minimum atomic E-state index is -0.456. The average molecular weight is 361 g/mol. The Bertz CT molecular complexity index is 565. The van der Waals surface area contributed by atoms with Gasteiger partial charge in [0.25, 0.3) is 0 Å². The van der Waals surface area contributed by atoms with Crippen LogP contribution in [0.2, 0.25) is 0 Å². The number of ether oxygens (including phenoxy) is 1. The molecule has 26 heavy (non-hydrogen) atoms. The third-order valence-corrected chi connectivity index (χ3v) is 9.42. The maximum Gasteiger partial charge on any atom is 0.0622 e. The highest BCUT2D eigenvalue weighted by atomic mass is 16.5. The third-order valence-electron chi connectivity index (χ3n) is 9.42. The Morgan fingerprint density at radius 1 is 1.08 bits per heavy atom. The second-order valence-corrected chi connectivity index (χ2v) is 10.5. The molecule has 0 aromatic rings.